The van der Waals surface area contributed by atoms with Crippen LogP contribution in [0.15, 0.2) is 72.9 Å². The Bertz CT molecular complexity index is 1620. The first-order chi connectivity index (χ1) is 18.1. The fraction of sp³-hybridized carbons (Fsp3) is 0.172. The normalized spacial score (nSPS) is 14.8. The number of hydrogen-bond donors (Lipinski definition) is 3. The second-order valence-corrected chi connectivity index (χ2v) is 9.06. The van der Waals surface area contributed by atoms with Gasteiger partial charge in [0.15, 0.2) is 0 Å². The molecule has 3 N–H and O–H groups in total. The Morgan fingerprint density at radius 2 is 1.81 bits per heavy atom. The molecule has 8 heteroatoms. The van der Waals surface area contributed by atoms with Gasteiger partial charge >= 0.3 is 0 Å². The lowest BCUT2D eigenvalue weighted by Crippen LogP contribution is -2.31. The number of hydrogen-bond acceptors (Lipinski definition) is 5. The molecule has 0 saturated heterocycles. The largest absolute Gasteiger partial charge is 0.508 e. The number of carbonyl (C=O) groups is 1. The van der Waals surface area contributed by atoms with Crippen molar-refractivity contribution in [1.29, 1.82) is 0 Å². The molecule has 1 unspecified atom stereocenters. The minimum absolute atomic E-state index is 0.123. The van der Waals surface area contributed by atoms with Crippen LogP contribution in [0, 0.1) is 0 Å². The van der Waals surface area contributed by atoms with Crippen LogP contribution < -0.4 is 9.47 Å². The topological polar surface area (TPSA) is 103 Å². The number of rotatable bonds is 7. The van der Waals surface area contributed by atoms with Crippen LogP contribution >= 0.6 is 0 Å². The number of carbonyl (C=O) groups excluding carboxylic acids is 1. The number of nitrogens with zero attached hydrogens (tertiary/aromatic N) is 2. The van der Waals surface area contributed by atoms with Crippen LogP contribution in [0.5, 0.6) is 17.2 Å². The van der Waals surface area contributed by atoms with Crippen molar-refractivity contribution >= 4 is 16.8 Å². The van der Waals surface area contributed by atoms with Crippen molar-refractivity contribution in [3.8, 4) is 28.5 Å². The Labute approximate surface area is 213 Å². The third-order valence-electron chi connectivity index (χ3n) is 6.99. The summed E-state index contributed by atoms with van der Waals surface area (Å²) < 4.78 is 10.8. The highest BCUT2D eigenvalue weighted by Crippen LogP contribution is 2.43. The zero-order valence-corrected chi connectivity index (χ0v) is 20.5. The van der Waals surface area contributed by atoms with E-state index in [0.717, 1.165) is 38.9 Å². The molecule has 5 aromatic rings. The van der Waals surface area contributed by atoms with Gasteiger partial charge in [-0.25, -0.2) is 0 Å². The molecule has 1 aliphatic heterocycles. The molecule has 3 aromatic carbocycles. The summed E-state index contributed by atoms with van der Waals surface area (Å²) >= 11 is 0. The Hall–Kier alpha value is -4.72. The van der Waals surface area contributed by atoms with Gasteiger partial charge in [0.1, 0.15) is 22.9 Å². The van der Waals surface area contributed by atoms with Gasteiger partial charge in [-0.05, 0) is 60.0 Å². The van der Waals surface area contributed by atoms with Gasteiger partial charge < -0.3 is 24.5 Å². The van der Waals surface area contributed by atoms with Crippen LogP contribution in [-0.4, -0.2) is 51.9 Å². The quantitative estimate of drug-likeness (QED) is 0.293. The molecule has 1 amide bonds. The van der Waals surface area contributed by atoms with Gasteiger partial charge in [-0.1, -0.05) is 24.3 Å². The Kier molecular flexibility index (Phi) is 5.56. The first-order valence-electron chi connectivity index (χ1n) is 12.0. The third kappa shape index (κ3) is 3.87. The maximum Gasteiger partial charge on any atom is 0.273 e. The van der Waals surface area contributed by atoms with Crippen molar-refractivity contribution in [3.63, 3.8) is 0 Å². The van der Waals surface area contributed by atoms with Gasteiger partial charge in [0, 0.05) is 34.8 Å². The van der Waals surface area contributed by atoms with E-state index in [4.69, 9.17) is 9.47 Å². The van der Waals surface area contributed by atoms with Crippen molar-refractivity contribution in [1.82, 2.24) is 20.1 Å². The number of aromatic nitrogens is 3. The lowest BCUT2D eigenvalue weighted by molar-refractivity contribution is 0.0746. The van der Waals surface area contributed by atoms with Gasteiger partial charge in [-0.15, -0.1) is 0 Å². The van der Waals surface area contributed by atoms with Crippen LogP contribution in [0.25, 0.3) is 22.2 Å². The summed E-state index contributed by atoms with van der Waals surface area (Å²) in [5.41, 5.74) is 5.73. The van der Waals surface area contributed by atoms with E-state index in [1.54, 1.807) is 32.4 Å². The minimum atomic E-state index is -0.408. The van der Waals surface area contributed by atoms with Crippen molar-refractivity contribution < 1.29 is 19.4 Å². The molecule has 2 aromatic heterocycles. The smallest absolute Gasteiger partial charge is 0.273 e. The number of benzene rings is 3. The zero-order chi connectivity index (χ0) is 25.5. The molecular formula is C29H26N4O4. The SMILES string of the molecule is COc1cccc(-c2n[nH]c3c2C(c2cccc(O)c2)N(CCc2c[nH]c4ccc(OC)cc24)C3=O)c1. The molecule has 1 atom stereocenters. The molecule has 37 heavy (non-hydrogen) atoms. The number of nitrogens with one attached hydrogen (secondary N) is 2. The van der Waals surface area contributed by atoms with Crippen molar-refractivity contribution in [2.45, 2.75) is 12.5 Å². The van der Waals surface area contributed by atoms with Gasteiger partial charge in [0.05, 0.1) is 26.0 Å². The number of methoxy groups -OCH3 is 2. The standard InChI is InChI=1S/C29H26N4O4/c1-36-21-8-4-5-17(14-21)26-25-27(32-31-26)29(35)33(28(25)18-6-3-7-20(34)13-18)12-11-19-16-30-24-10-9-22(37-2)15-23(19)24/h3-10,13-16,28,30,34H,11-12H2,1-2H3,(H,31,32). The highest BCUT2D eigenvalue weighted by molar-refractivity contribution is 6.00. The Balaban J connectivity index is 1.40. The zero-order valence-electron chi connectivity index (χ0n) is 20.5. The summed E-state index contributed by atoms with van der Waals surface area (Å²) in [4.78, 5) is 18.9. The lowest BCUT2D eigenvalue weighted by atomic mass is 9.95. The van der Waals surface area contributed by atoms with E-state index in [1.807, 2.05) is 59.6 Å². The summed E-state index contributed by atoms with van der Waals surface area (Å²) in [7, 11) is 3.27. The number of amides is 1. The maximum atomic E-state index is 13.7. The van der Waals surface area contributed by atoms with Crippen LogP contribution in [0.3, 0.4) is 0 Å². The molecule has 0 aliphatic carbocycles. The van der Waals surface area contributed by atoms with Crippen LogP contribution in [0.2, 0.25) is 0 Å². The molecule has 8 nitrogen and oxygen atoms in total. The van der Waals surface area contributed by atoms with Crippen LogP contribution in [0.1, 0.15) is 33.2 Å². The molecule has 0 bridgehead atoms. The number of phenolic OH excluding ortho intramolecular Hbond substituents is 1. The van der Waals surface area contributed by atoms with E-state index in [9.17, 15) is 9.90 Å². The predicted molar refractivity (Wildman–Crippen MR) is 140 cm³/mol. The summed E-state index contributed by atoms with van der Waals surface area (Å²) in [5.74, 6) is 1.52. The van der Waals surface area contributed by atoms with E-state index < -0.39 is 6.04 Å². The average Bonchev–Trinajstić information content (AvgIpc) is 3.61. The Morgan fingerprint density at radius 1 is 1.00 bits per heavy atom. The summed E-state index contributed by atoms with van der Waals surface area (Å²) in [5, 5.41) is 18.8. The number of aromatic hydroxyl groups is 1. The molecule has 0 radical (unpaired) electrons. The highest BCUT2D eigenvalue weighted by atomic mass is 16.5. The molecule has 0 fully saturated rings. The monoisotopic (exact) mass is 494 g/mol. The number of fused-ring (bicyclic) bond motifs is 2. The molecule has 186 valence electrons. The second-order valence-electron chi connectivity index (χ2n) is 9.06. The molecule has 3 heterocycles. The predicted octanol–water partition coefficient (Wildman–Crippen LogP) is 5.07. The van der Waals surface area contributed by atoms with Gasteiger partial charge in [0.2, 0.25) is 0 Å². The van der Waals surface area contributed by atoms with E-state index in [1.165, 1.54) is 0 Å². The average molecular weight is 495 g/mol. The van der Waals surface area contributed by atoms with Crippen molar-refractivity contribution in [3.05, 3.63) is 95.3 Å². The molecular weight excluding hydrogens is 468 g/mol. The number of aromatic amines is 2. The molecule has 6 rings (SSSR count). The van der Waals surface area contributed by atoms with Crippen LogP contribution in [-0.2, 0) is 6.42 Å². The van der Waals surface area contributed by atoms with Gasteiger partial charge in [-0.2, -0.15) is 5.10 Å². The third-order valence-corrected chi connectivity index (χ3v) is 6.99. The number of phenols is 1. The maximum absolute atomic E-state index is 13.7. The summed E-state index contributed by atoms with van der Waals surface area (Å²) in [6.07, 6.45) is 2.62. The van der Waals surface area contributed by atoms with Gasteiger partial charge in [-0.3, -0.25) is 9.89 Å². The van der Waals surface area contributed by atoms with E-state index in [0.29, 0.717) is 30.1 Å². The fourth-order valence-electron chi connectivity index (χ4n) is 5.19. The molecule has 0 saturated carbocycles. The van der Waals surface area contributed by atoms with E-state index in [2.05, 4.69) is 15.2 Å². The first kappa shape index (κ1) is 22.7. The highest BCUT2D eigenvalue weighted by Gasteiger charge is 2.42. The van der Waals surface area contributed by atoms with Crippen LogP contribution in [0.4, 0.5) is 0 Å². The summed E-state index contributed by atoms with van der Waals surface area (Å²) in [6, 6.07) is 20.2. The van der Waals surface area contributed by atoms with Crippen molar-refractivity contribution in [2.24, 2.45) is 0 Å². The molecule has 0 spiro atoms. The second kappa shape index (κ2) is 9.05. The van der Waals surface area contributed by atoms with Crippen molar-refractivity contribution in [2.75, 3.05) is 20.8 Å². The first-order valence-corrected chi connectivity index (χ1v) is 12.0. The van der Waals surface area contributed by atoms with E-state index in [-0.39, 0.29) is 11.7 Å². The lowest BCUT2D eigenvalue weighted by Gasteiger charge is -2.26. The number of H-pyrrole nitrogens is 2. The fourth-order valence-corrected chi connectivity index (χ4v) is 5.19. The molecule has 1 aliphatic rings. The minimum Gasteiger partial charge on any atom is -0.508 e. The Morgan fingerprint density at radius 3 is 2.62 bits per heavy atom. The van der Waals surface area contributed by atoms with E-state index >= 15 is 0 Å². The van der Waals surface area contributed by atoms with Gasteiger partial charge in [0.25, 0.3) is 5.91 Å². The summed E-state index contributed by atoms with van der Waals surface area (Å²) in [6.45, 7) is 0.476. The number of ether oxygens (including phenoxy) is 2.